The molecule has 1 aliphatic rings. The zero-order chi connectivity index (χ0) is 12.1. The van der Waals surface area contributed by atoms with E-state index in [1.54, 1.807) is 0 Å². The normalized spacial score (nSPS) is 18.4. The molecule has 1 aromatic heterocycles. The van der Waals surface area contributed by atoms with Gasteiger partial charge in [0.15, 0.2) is 0 Å². The van der Waals surface area contributed by atoms with Crippen LogP contribution in [0.4, 0.5) is 0 Å². The van der Waals surface area contributed by atoms with Gasteiger partial charge in [0.2, 0.25) is 0 Å². The quantitative estimate of drug-likeness (QED) is 0.781. The van der Waals surface area contributed by atoms with Gasteiger partial charge in [0.25, 0.3) is 0 Å². The van der Waals surface area contributed by atoms with Crippen LogP contribution in [-0.2, 0) is 6.54 Å². The van der Waals surface area contributed by atoms with Gasteiger partial charge < -0.3 is 5.11 Å². The topological polar surface area (TPSA) is 41.3 Å². The number of rotatable bonds is 5. The van der Waals surface area contributed by atoms with Gasteiger partial charge in [-0.25, -0.2) is 0 Å². The summed E-state index contributed by atoms with van der Waals surface area (Å²) in [4.78, 5) is 2.43. The van der Waals surface area contributed by atoms with E-state index in [9.17, 15) is 0 Å². The molecule has 4 heteroatoms. The fourth-order valence-electron chi connectivity index (χ4n) is 2.57. The summed E-state index contributed by atoms with van der Waals surface area (Å²) in [5.74, 6) is 0.588. The molecule has 0 aliphatic carbocycles. The highest BCUT2D eigenvalue weighted by atomic mass is 16.3. The lowest BCUT2D eigenvalue weighted by atomic mass is 9.93. The Labute approximate surface area is 103 Å². The number of likely N-dealkylation sites (tertiary alicyclic amines) is 1. The summed E-state index contributed by atoms with van der Waals surface area (Å²) in [6.45, 7) is 7.78. The van der Waals surface area contributed by atoms with E-state index in [4.69, 9.17) is 5.11 Å². The Kier molecular flexibility index (Phi) is 4.34. The number of hydrogen-bond acceptors (Lipinski definition) is 3. The average Bonchev–Trinajstić information content (AvgIpc) is 2.79. The second-order valence-electron chi connectivity index (χ2n) is 4.57. The van der Waals surface area contributed by atoms with Crippen LogP contribution in [0, 0.1) is 0 Å². The predicted octanol–water partition coefficient (Wildman–Crippen LogP) is 1.24. The Morgan fingerprint density at radius 3 is 2.88 bits per heavy atom. The first-order valence-corrected chi connectivity index (χ1v) is 6.31. The van der Waals surface area contributed by atoms with Crippen molar-refractivity contribution in [1.29, 1.82) is 0 Å². The molecule has 0 aromatic carbocycles. The Morgan fingerprint density at radius 1 is 1.47 bits per heavy atom. The van der Waals surface area contributed by atoms with Crippen LogP contribution in [0.25, 0.3) is 0 Å². The van der Waals surface area contributed by atoms with Crippen molar-refractivity contribution < 1.29 is 5.11 Å². The minimum atomic E-state index is 0.157. The number of piperidine rings is 1. The first kappa shape index (κ1) is 12.3. The lowest BCUT2D eigenvalue weighted by Crippen LogP contribution is -2.33. The van der Waals surface area contributed by atoms with Crippen LogP contribution in [0.5, 0.6) is 0 Å². The molecule has 1 saturated heterocycles. The zero-order valence-electron chi connectivity index (χ0n) is 10.3. The molecular formula is C13H21N3O. The molecule has 1 aliphatic heterocycles. The van der Waals surface area contributed by atoms with E-state index in [0.717, 1.165) is 19.6 Å². The number of aliphatic hydroxyl groups is 1. The van der Waals surface area contributed by atoms with Gasteiger partial charge in [-0.3, -0.25) is 9.58 Å². The molecule has 0 radical (unpaired) electrons. The van der Waals surface area contributed by atoms with Crippen LogP contribution in [-0.4, -0.2) is 46.0 Å². The maximum atomic E-state index is 8.99. The zero-order valence-corrected chi connectivity index (χ0v) is 10.3. The Hall–Kier alpha value is -1.13. The molecule has 0 atom stereocenters. The van der Waals surface area contributed by atoms with Gasteiger partial charge in [-0.2, -0.15) is 5.10 Å². The van der Waals surface area contributed by atoms with Crippen molar-refractivity contribution in [2.45, 2.75) is 25.3 Å². The number of hydrogen-bond donors (Lipinski definition) is 1. The van der Waals surface area contributed by atoms with Gasteiger partial charge >= 0.3 is 0 Å². The third-order valence-corrected chi connectivity index (χ3v) is 3.45. The largest absolute Gasteiger partial charge is 0.394 e. The van der Waals surface area contributed by atoms with Crippen LogP contribution in [0.2, 0.25) is 0 Å². The lowest BCUT2D eigenvalue weighted by molar-refractivity contribution is 0.223. The number of aromatic nitrogens is 2. The third kappa shape index (κ3) is 2.96. The van der Waals surface area contributed by atoms with E-state index in [0.29, 0.717) is 12.5 Å². The second-order valence-corrected chi connectivity index (χ2v) is 4.57. The van der Waals surface area contributed by atoms with Crippen molar-refractivity contribution >= 4 is 0 Å². The predicted molar refractivity (Wildman–Crippen MR) is 67.9 cm³/mol. The Balaban J connectivity index is 1.95. The maximum Gasteiger partial charge on any atom is 0.0644 e. The molecule has 2 rings (SSSR count). The Morgan fingerprint density at radius 2 is 2.24 bits per heavy atom. The minimum absolute atomic E-state index is 0.157. The molecule has 0 spiro atoms. The Bertz CT molecular complexity index is 353. The lowest BCUT2D eigenvalue weighted by Gasteiger charge is -2.31. The molecule has 4 nitrogen and oxygen atoms in total. The molecule has 0 saturated carbocycles. The van der Waals surface area contributed by atoms with E-state index < -0.39 is 0 Å². The molecule has 1 aromatic rings. The average molecular weight is 235 g/mol. The summed E-state index contributed by atoms with van der Waals surface area (Å²) in [5.41, 5.74) is 1.28. The van der Waals surface area contributed by atoms with Gasteiger partial charge in [-0.1, -0.05) is 6.08 Å². The van der Waals surface area contributed by atoms with Gasteiger partial charge in [0.1, 0.15) is 0 Å². The fourth-order valence-corrected chi connectivity index (χ4v) is 2.57. The van der Waals surface area contributed by atoms with Crippen LogP contribution in [0.15, 0.2) is 24.9 Å². The smallest absolute Gasteiger partial charge is 0.0644 e. The maximum absolute atomic E-state index is 8.99. The monoisotopic (exact) mass is 235 g/mol. The molecule has 0 bridgehead atoms. The minimum Gasteiger partial charge on any atom is -0.394 e. The van der Waals surface area contributed by atoms with E-state index >= 15 is 0 Å². The van der Waals surface area contributed by atoms with Crippen molar-refractivity contribution in [3.8, 4) is 0 Å². The van der Waals surface area contributed by atoms with E-state index in [1.165, 1.54) is 18.5 Å². The first-order valence-electron chi connectivity index (χ1n) is 6.31. The van der Waals surface area contributed by atoms with Gasteiger partial charge in [0.05, 0.1) is 13.2 Å². The van der Waals surface area contributed by atoms with Crippen LogP contribution in [0.3, 0.4) is 0 Å². The van der Waals surface area contributed by atoms with Gasteiger partial charge in [0, 0.05) is 24.4 Å². The highest BCUT2D eigenvalue weighted by Gasteiger charge is 2.22. The molecule has 17 heavy (non-hydrogen) atoms. The highest BCUT2D eigenvalue weighted by molar-refractivity contribution is 5.09. The highest BCUT2D eigenvalue weighted by Crippen LogP contribution is 2.27. The molecule has 1 fully saturated rings. The summed E-state index contributed by atoms with van der Waals surface area (Å²) in [7, 11) is 0. The fraction of sp³-hybridized carbons (Fsp3) is 0.615. The van der Waals surface area contributed by atoms with Crippen molar-refractivity contribution in [3.05, 3.63) is 30.6 Å². The van der Waals surface area contributed by atoms with Crippen molar-refractivity contribution in [3.63, 3.8) is 0 Å². The van der Waals surface area contributed by atoms with E-state index in [-0.39, 0.29) is 6.61 Å². The number of aliphatic hydroxyl groups excluding tert-OH is 1. The molecule has 0 unspecified atom stereocenters. The standard InChI is InChI=1S/C13H21N3O/c1-2-7-15-8-4-12(5-9-15)13-3-6-14-16(13)10-11-17/h2-3,6,12,17H,1,4-5,7-11H2. The third-order valence-electron chi connectivity index (χ3n) is 3.45. The molecule has 1 N–H and O–H groups in total. The van der Waals surface area contributed by atoms with E-state index in [1.807, 2.05) is 17.0 Å². The summed E-state index contributed by atoms with van der Waals surface area (Å²) in [6, 6.07) is 2.09. The van der Waals surface area contributed by atoms with Gasteiger partial charge in [-0.15, -0.1) is 6.58 Å². The molecule has 94 valence electrons. The summed E-state index contributed by atoms with van der Waals surface area (Å²) in [5, 5.41) is 13.3. The summed E-state index contributed by atoms with van der Waals surface area (Å²) < 4.78 is 1.94. The first-order chi connectivity index (χ1) is 8.35. The van der Waals surface area contributed by atoms with Crippen LogP contribution >= 0.6 is 0 Å². The van der Waals surface area contributed by atoms with Crippen LogP contribution in [0.1, 0.15) is 24.5 Å². The van der Waals surface area contributed by atoms with Crippen LogP contribution < -0.4 is 0 Å². The number of nitrogens with zero attached hydrogens (tertiary/aromatic N) is 3. The summed E-state index contributed by atoms with van der Waals surface area (Å²) >= 11 is 0. The second kappa shape index (κ2) is 5.98. The van der Waals surface area contributed by atoms with Crippen molar-refractivity contribution in [2.75, 3.05) is 26.2 Å². The SMILES string of the molecule is C=CCN1CCC(c2ccnn2CCO)CC1. The van der Waals surface area contributed by atoms with Crippen molar-refractivity contribution in [1.82, 2.24) is 14.7 Å². The molecule has 0 amide bonds. The molecule has 2 heterocycles. The van der Waals surface area contributed by atoms with Gasteiger partial charge in [-0.05, 0) is 32.0 Å². The molecular weight excluding hydrogens is 214 g/mol. The summed E-state index contributed by atoms with van der Waals surface area (Å²) in [6.07, 6.45) is 6.15. The van der Waals surface area contributed by atoms with Crippen molar-refractivity contribution in [2.24, 2.45) is 0 Å². The van der Waals surface area contributed by atoms with E-state index in [2.05, 4.69) is 22.6 Å².